The molecule has 1 aliphatic heterocycles. The summed E-state index contributed by atoms with van der Waals surface area (Å²) in [6, 6.07) is 7.43. The van der Waals surface area contributed by atoms with E-state index in [0.717, 1.165) is 54.7 Å². The van der Waals surface area contributed by atoms with E-state index in [9.17, 15) is 4.79 Å². The highest BCUT2D eigenvalue weighted by Gasteiger charge is 2.23. The summed E-state index contributed by atoms with van der Waals surface area (Å²) in [5, 5.41) is 3.33. The number of carbonyl (C=O) groups excluding carboxylic acids is 1. The molecular weight excluding hydrogens is 358 g/mol. The SMILES string of the molecule is CCOc1ccc(C(=O)N2CCN(Cc3nc(C(C)(C)C)cs3)CC2)cc1. The fraction of sp³-hybridized carbons (Fsp3) is 0.524. The average Bonchev–Trinajstić information content (AvgIpc) is 3.12. The van der Waals surface area contributed by atoms with Gasteiger partial charge in [-0.15, -0.1) is 11.3 Å². The molecule has 0 atom stereocenters. The van der Waals surface area contributed by atoms with Gasteiger partial charge in [-0.2, -0.15) is 0 Å². The molecule has 5 nitrogen and oxygen atoms in total. The number of nitrogens with zero attached hydrogens (tertiary/aromatic N) is 3. The Morgan fingerprint density at radius 3 is 2.37 bits per heavy atom. The second kappa shape index (κ2) is 8.40. The molecule has 0 saturated carbocycles. The Hall–Kier alpha value is -1.92. The number of carbonyl (C=O) groups is 1. The normalized spacial score (nSPS) is 15.8. The molecule has 1 fully saturated rings. The molecule has 146 valence electrons. The number of amides is 1. The van der Waals surface area contributed by atoms with Crippen LogP contribution in [0.2, 0.25) is 0 Å². The lowest BCUT2D eigenvalue weighted by Gasteiger charge is -2.34. The summed E-state index contributed by atoms with van der Waals surface area (Å²) in [4.78, 5) is 21.8. The molecular formula is C21H29N3O2S. The summed E-state index contributed by atoms with van der Waals surface area (Å²) >= 11 is 1.73. The van der Waals surface area contributed by atoms with Gasteiger partial charge < -0.3 is 9.64 Å². The van der Waals surface area contributed by atoms with Crippen LogP contribution in [0.1, 0.15) is 48.8 Å². The molecule has 2 heterocycles. The molecule has 6 heteroatoms. The minimum absolute atomic E-state index is 0.0948. The predicted octanol–water partition coefficient (Wildman–Crippen LogP) is 3.80. The highest BCUT2D eigenvalue weighted by molar-refractivity contribution is 7.09. The zero-order chi connectivity index (χ0) is 19.4. The van der Waals surface area contributed by atoms with E-state index in [1.807, 2.05) is 36.1 Å². The number of benzene rings is 1. The Balaban J connectivity index is 1.52. The third-order valence-corrected chi connectivity index (χ3v) is 5.58. The second-order valence-corrected chi connectivity index (χ2v) is 8.84. The summed E-state index contributed by atoms with van der Waals surface area (Å²) < 4.78 is 5.44. The van der Waals surface area contributed by atoms with Crippen LogP contribution < -0.4 is 4.74 Å². The quantitative estimate of drug-likeness (QED) is 0.783. The highest BCUT2D eigenvalue weighted by atomic mass is 32.1. The first-order valence-corrected chi connectivity index (χ1v) is 10.4. The van der Waals surface area contributed by atoms with Crippen LogP contribution in [0.4, 0.5) is 0 Å². The van der Waals surface area contributed by atoms with Crippen molar-refractivity contribution in [1.82, 2.24) is 14.8 Å². The van der Waals surface area contributed by atoms with Crippen LogP contribution in [-0.4, -0.2) is 53.5 Å². The summed E-state index contributed by atoms with van der Waals surface area (Å²) in [5.74, 6) is 0.902. The Morgan fingerprint density at radius 2 is 1.81 bits per heavy atom. The number of rotatable bonds is 5. The summed E-state index contributed by atoms with van der Waals surface area (Å²) in [6.07, 6.45) is 0. The van der Waals surface area contributed by atoms with Gasteiger partial charge in [0.05, 0.1) is 18.8 Å². The number of piperazine rings is 1. The Bertz CT molecular complexity index is 756. The van der Waals surface area contributed by atoms with Crippen molar-refractivity contribution in [3.05, 3.63) is 45.9 Å². The molecule has 1 aromatic carbocycles. The molecule has 0 bridgehead atoms. The summed E-state index contributed by atoms with van der Waals surface area (Å²) in [7, 11) is 0. The fourth-order valence-corrected chi connectivity index (χ4v) is 4.13. The lowest BCUT2D eigenvalue weighted by molar-refractivity contribution is 0.0628. The van der Waals surface area contributed by atoms with Crippen LogP contribution in [-0.2, 0) is 12.0 Å². The third kappa shape index (κ3) is 5.08. The average molecular weight is 388 g/mol. The molecule has 0 unspecified atom stereocenters. The monoisotopic (exact) mass is 387 g/mol. The van der Waals surface area contributed by atoms with Crippen LogP contribution >= 0.6 is 11.3 Å². The molecule has 2 aromatic rings. The number of hydrogen-bond acceptors (Lipinski definition) is 5. The largest absolute Gasteiger partial charge is 0.494 e. The van der Waals surface area contributed by atoms with Gasteiger partial charge in [-0.3, -0.25) is 9.69 Å². The molecule has 1 amide bonds. The number of aromatic nitrogens is 1. The van der Waals surface area contributed by atoms with Gasteiger partial charge in [0.25, 0.3) is 5.91 Å². The summed E-state index contributed by atoms with van der Waals surface area (Å²) in [5.41, 5.74) is 1.98. The maximum Gasteiger partial charge on any atom is 0.253 e. The standard InChI is InChI=1S/C21H29N3O2S/c1-5-26-17-8-6-16(7-9-17)20(25)24-12-10-23(11-13-24)14-19-22-18(15-27-19)21(2,3)4/h6-9,15H,5,10-14H2,1-4H3. The smallest absolute Gasteiger partial charge is 0.253 e. The number of ether oxygens (including phenoxy) is 1. The fourth-order valence-electron chi connectivity index (χ4n) is 3.07. The van der Waals surface area contributed by atoms with Crippen LogP contribution in [0.25, 0.3) is 0 Å². The molecule has 0 aliphatic carbocycles. The van der Waals surface area contributed by atoms with Crippen molar-refractivity contribution >= 4 is 17.2 Å². The zero-order valence-corrected chi connectivity index (χ0v) is 17.5. The van der Waals surface area contributed by atoms with Gasteiger partial charge >= 0.3 is 0 Å². The maximum atomic E-state index is 12.7. The third-order valence-electron chi connectivity index (χ3n) is 4.75. The highest BCUT2D eigenvalue weighted by Crippen LogP contribution is 2.25. The first kappa shape index (κ1) is 19.8. The van der Waals surface area contributed by atoms with Crippen LogP contribution in [0.5, 0.6) is 5.75 Å². The zero-order valence-electron chi connectivity index (χ0n) is 16.7. The topological polar surface area (TPSA) is 45.7 Å². The van der Waals surface area contributed by atoms with Crippen molar-refractivity contribution in [2.75, 3.05) is 32.8 Å². The maximum absolute atomic E-state index is 12.7. The van der Waals surface area contributed by atoms with Crippen LogP contribution in [0.15, 0.2) is 29.6 Å². The minimum Gasteiger partial charge on any atom is -0.494 e. The molecule has 0 N–H and O–H groups in total. The van der Waals surface area contributed by atoms with E-state index in [0.29, 0.717) is 6.61 Å². The van der Waals surface area contributed by atoms with E-state index < -0.39 is 0 Å². The molecule has 1 aromatic heterocycles. The van der Waals surface area contributed by atoms with Gasteiger partial charge in [0.1, 0.15) is 10.8 Å². The van der Waals surface area contributed by atoms with Gasteiger partial charge in [0, 0.05) is 42.5 Å². The lowest BCUT2D eigenvalue weighted by atomic mass is 9.93. The number of thiazole rings is 1. The molecule has 1 aliphatic rings. The number of hydrogen-bond donors (Lipinski definition) is 0. The molecule has 27 heavy (non-hydrogen) atoms. The van der Waals surface area contributed by atoms with Crippen LogP contribution in [0, 0.1) is 0 Å². The van der Waals surface area contributed by atoms with E-state index in [2.05, 4.69) is 31.1 Å². The van der Waals surface area contributed by atoms with E-state index in [1.165, 1.54) is 0 Å². The van der Waals surface area contributed by atoms with E-state index in [4.69, 9.17) is 9.72 Å². The van der Waals surface area contributed by atoms with Gasteiger partial charge in [-0.1, -0.05) is 20.8 Å². The minimum atomic E-state index is 0.0948. The van der Waals surface area contributed by atoms with Gasteiger partial charge in [-0.05, 0) is 31.2 Å². The second-order valence-electron chi connectivity index (χ2n) is 7.90. The lowest BCUT2D eigenvalue weighted by Crippen LogP contribution is -2.48. The van der Waals surface area contributed by atoms with Crippen molar-refractivity contribution in [1.29, 1.82) is 0 Å². The molecule has 0 radical (unpaired) electrons. The van der Waals surface area contributed by atoms with E-state index in [1.54, 1.807) is 11.3 Å². The van der Waals surface area contributed by atoms with Crippen LogP contribution in [0.3, 0.4) is 0 Å². The van der Waals surface area contributed by atoms with Gasteiger partial charge in [0.15, 0.2) is 0 Å². The first-order valence-electron chi connectivity index (χ1n) is 9.56. The molecule has 1 saturated heterocycles. The summed E-state index contributed by atoms with van der Waals surface area (Å²) in [6.45, 7) is 13.3. The molecule has 3 rings (SSSR count). The van der Waals surface area contributed by atoms with E-state index in [-0.39, 0.29) is 11.3 Å². The van der Waals surface area contributed by atoms with Gasteiger partial charge in [0.2, 0.25) is 0 Å². The van der Waals surface area contributed by atoms with Crippen molar-refractivity contribution < 1.29 is 9.53 Å². The predicted molar refractivity (Wildman–Crippen MR) is 110 cm³/mol. The Morgan fingerprint density at radius 1 is 1.15 bits per heavy atom. The Kier molecular flexibility index (Phi) is 6.17. The van der Waals surface area contributed by atoms with Gasteiger partial charge in [-0.25, -0.2) is 4.98 Å². The first-order chi connectivity index (χ1) is 12.9. The molecule has 0 spiro atoms. The van der Waals surface area contributed by atoms with Crippen molar-refractivity contribution in [2.45, 2.75) is 39.7 Å². The van der Waals surface area contributed by atoms with E-state index >= 15 is 0 Å². The van der Waals surface area contributed by atoms with Crippen molar-refractivity contribution in [3.8, 4) is 5.75 Å². The van der Waals surface area contributed by atoms with Crippen molar-refractivity contribution in [2.24, 2.45) is 0 Å². The Labute approximate surface area is 166 Å². The van der Waals surface area contributed by atoms with Crippen molar-refractivity contribution in [3.63, 3.8) is 0 Å².